The van der Waals surface area contributed by atoms with Crippen molar-refractivity contribution in [1.82, 2.24) is 14.5 Å². The van der Waals surface area contributed by atoms with E-state index in [9.17, 15) is 8.42 Å². The topological polar surface area (TPSA) is 75.2 Å². The summed E-state index contributed by atoms with van der Waals surface area (Å²) < 4.78 is 24.3. The van der Waals surface area contributed by atoms with Gasteiger partial charge in [0.05, 0.1) is 6.26 Å². The van der Waals surface area contributed by atoms with Gasteiger partial charge in [0.2, 0.25) is 15.2 Å². The summed E-state index contributed by atoms with van der Waals surface area (Å²) in [6.07, 6.45) is 2.91. The Morgan fingerprint density at radius 2 is 2.00 bits per heavy atom. The van der Waals surface area contributed by atoms with Crippen LogP contribution in [-0.2, 0) is 10.0 Å². The summed E-state index contributed by atoms with van der Waals surface area (Å²) in [6, 6.07) is 0. The molecule has 8 heteroatoms. The van der Waals surface area contributed by atoms with Gasteiger partial charge in [0.1, 0.15) is 5.01 Å². The molecule has 0 aliphatic carbocycles. The Hall–Kier alpha value is -0.730. The van der Waals surface area contributed by atoms with Crippen molar-refractivity contribution in [3.05, 3.63) is 5.01 Å². The number of nitrogens with zero attached hydrogens (tertiary/aromatic N) is 3. The van der Waals surface area contributed by atoms with Gasteiger partial charge in [-0.3, -0.25) is 0 Å². The minimum atomic E-state index is -3.04. The lowest BCUT2D eigenvalue weighted by Gasteiger charge is -2.28. The van der Waals surface area contributed by atoms with Gasteiger partial charge in [-0.1, -0.05) is 11.3 Å². The number of anilines is 1. The molecule has 1 fully saturated rings. The molecule has 0 aromatic carbocycles. The molecular formula is C9H16N4O2S2. The molecule has 1 N–H and O–H groups in total. The van der Waals surface area contributed by atoms with Crippen molar-refractivity contribution in [2.75, 3.05) is 31.7 Å². The standard InChI is InChI=1S/C9H16N4O2S2/c1-10-9-12-11-8(16-9)7-3-5-13(6-4-7)17(2,14)15/h7H,3-6H2,1-2H3,(H,10,12). The van der Waals surface area contributed by atoms with Gasteiger partial charge in [-0.15, -0.1) is 10.2 Å². The Balaban J connectivity index is 1.99. The Morgan fingerprint density at radius 1 is 1.35 bits per heavy atom. The predicted octanol–water partition coefficient (Wildman–Crippen LogP) is 0.719. The molecule has 1 aliphatic rings. The molecule has 0 radical (unpaired) electrons. The predicted molar refractivity (Wildman–Crippen MR) is 67.8 cm³/mol. The number of hydrogen-bond donors (Lipinski definition) is 1. The van der Waals surface area contributed by atoms with E-state index in [2.05, 4.69) is 15.5 Å². The van der Waals surface area contributed by atoms with Gasteiger partial charge in [-0.2, -0.15) is 0 Å². The molecule has 0 spiro atoms. The van der Waals surface area contributed by atoms with Crippen molar-refractivity contribution in [2.45, 2.75) is 18.8 Å². The summed E-state index contributed by atoms with van der Waals surface area (Å²) in [5.74, 6) is 0.340. The molecule has 17 heavy (non-hydrogen) atoms. The highest BCUT2D eigenvalue weighted by Crippen LogP contribution is 2.31. The van der Waals surface area contributed by atoms with Crippen LogP contribution in [0.3, 0.4) is 0 Å². The van der Waals surface area contributed by atoms with Crippen LogP contribution in [0.1, 0.15) is 23.8 Å². The van der Waals surface area contributed by atoms with Gasteiger partial charge in [0.15, 0.2) is 0 Å². The quantitative estimate of drug-likeness (QED) is 0.880. The molecule has 0 atom stereocenters. The minimum absolute atomic E-state index is 0.340. The highest BCUT2D eigenvalue weighted by atomic mass is 32.2. The van der Waals surface area contributed by atoms with E-state index in [0.29, 0.717) is 19.0 Å². The second-order valence-corrected chi connectivity index (χ2v) is 7.12. The van der Waals surface area contributed by atoms with Crippen LogP contribution in [-0.4, -0.2) is 49.3 Å². The lowest BCUT2D eigenvalue weighted by molar-refractivity contribution is 0.320. The van der Waals surface area contributed by atoms with Gasteiger partial charge >= 0.3 is 0 Å². The Kier molecular flexibility index (Phi) is 3.64. The van der Waals surface area contributed by atoms with Gasteiger partial charge in [-0.05, 0) is 12.8 Å². The minimum Gasteiger partial charge on any atom is -0.363 e. The zero-order valence-corrected chi connectivity index (χ0v) is 11.5. The van der Waals surface area contributed by atoms with Crippen LogP contribution in [0.15, 0.2) is 0 Å². The molecular weight excluding hydrogens is 260 g/mol. The van der Waals surface area contributed by atoms with E-state index in [4.69, 9.17) is 0 Å². The fourth-order valence-electron chi connectivity index (χ4n) is 1.93. The van der Waals surface area contributed by atoms with Crippen LogP contribution in [0.4, 0.5) is 5.13 Å². The molecule has 0 unspecified atom stereocenters. The first kappa shape index (κ1) is 12.7. The Labute approximate surface area is 105 Å². The average Bonchev–Trinajstić information content (AvgIpc) is 2.76. The first-order valence-electron chi connectivity index (χ1n) is 5.47. The fraction of sp³-hybridized carbons (Fsp3) is 0.778. The lowest BCUT2D eigenvalue weighted by Crippen LogP contribution is -2.37. The first-order valence-corrected chi connectivity index (χ1v) is 8.13. The lowest BCUT2D eigenvalue weighted by atomic mass is 9.99. The maximum atomic E-state index is 11.4. The van der Waals surface area contributed by atoms with E-state index in [0.717, 1.165) is 23.0 Å². The first-order chi connectivity index (χ1) is 8.00. The highest BCUT2D eigenvalue weighted by Gasteiger charge is 2.27. The summed E-state index contributed by atoms with van der Waals surface area (Å²) in [4.78, 5) is 0. The second-order valence-electron chi connectivity index (χ2n) is 4.13. The van der Waals surface area contributed by atoms with Gasteiger partial charge in [-0.25, -0.2) is 12.7 Å². The SMILES string of the molecule is CNc1nnc(C2CCN(S(C)(=O)=O)CC2)s1. The zero-order chi connectivity index (χ0) is 12.5. The monoisotopic (exact) mass is 276 g/mol. The molecule has 2 rings (SSSR count). The van der Waals surface area contributed by atoms with Gasteiger partial charge < -0.3 is 5.32 Å². The van der Waals surface area contributed by atoms with Crippen molar-refractivity contribution >= 4 is 26.5 Å². The number of rotatable bonds is 3. The van der Waals surface area contributed by atoms with E-state index in [1.165, 1.54) is 10.6 Å². The third-order valence-corrected chi connectivity index (χ3v) is 5.33. The van der Waals surface area contributed by atoms with Crippen molar-refractivity contribution in [2.24, 2.45) is 0 Å². The molecule has 96 valence electrons. The number of sulfonamides is 1. The maximum Gasteiger partial charge on any atom is 0.211 e. The van der Waals surface area contributed by atoms with Crippen LogP contribution < -0.4 is 5.32 Å². The smallest absolute Gasteiger partial charge is 0.211 e. The molecule has 2 heterocycles. The van der Waals surface area contributed by atoms with Crippen LogP contribution >= 0.6 is 11.3 Å². The maximum absolute atomic E-state index is 11.4. The van der Waals surface area contributed by atoms with Gasteiger partial charge in [0.25, 0.3) is 0 Å². The van der Waals surface area contributed by atoms with Crippen LogP contribution in [0.2, 0.25) is 0 Å². The Morgan fingerprint density at radius 3 is 2.47 bits per heavy atom. The van der Waals surface area contributed by atoms with E-state index < -0.39 is 10.0 Å². The largest absolute Gasteiger partial charge is 0.363 e. The average molecular weight is 276 g/mol. The van der Waals surface area contributed by atoms with E-state index in [1.807, 2.05) is 7.05 Å². The molecule has 0 bridgehead atoms. The number of nitrogens with one attached hydrogen (secondary N) is 1. The molecule has 1 aromatic heterocycles. The highest BCUT2D eigenvalue weighted by molar-refractivity contribution is 7.88. The van der Waals surface area contributed by atoms with E-state index in [-0.39, 0.29) is 0 Å². The summed E-state index contributed by atoms with van der Waals surface area (Å²) in [7, 11) is -1.23. The van der Waals surface area contributed by atoms with E-state index >= 15 is 0 Å². The van der Waals surface area contributed by atoms with Crippen LogP contribution in [0.25, 0.3) is 0 Å². The van der Waals surface area contributed by atoms with Crippen molar-refractivity contribution in [1.29, 1.82) is 0 Å². The molecule has 1 saturated heterocycles. The third-order valence-electron chi connectivity index (χ3n) is 2.93. The zero-order valence-electron chi connectivity index (χ0n) is 9.88. The summed E-state index contributed by atoms with van der Waals surface area (Å²) >= 11 is 1.55. The molecule has 0 saturated carbocycles. The van der Waals surface area contributed by atoms with Crippen molar-refractivity contribution in [3.63, 3.8) is 0 Å². The third kappa shape index (κ3) is 2.93. The molecule has 1 aromatic rings. The van der Waals surface area contributed by atoms with E-state index in [1.54, 1.807) is 11.3 Å². The van der Waals surface area contributed by atoms with Crippen LogP contribution in [0.5, 0.6) is 0 Å². The number of piperidine rings is 1. The van der Waals surface area contributed by atoms with Crippen molar-refractivity contribution < 1.29 is 8.42 Å². The summed E-state index contributed by atoms with van der Waals surface area (Å²) in [6.45, 7) is 1.16. The normalized spacial score (nSPS) is 19.4. The molecule has 0 amide bonds. The van der Waals surface area contributed by atoms with Crippen LogP contribution in [0, 0.1) is 0 Å². The second kappa shape index (κ2) is 4.87. The summed E-state index contributed by atoms with van der Waals surface area (Å²) in [5.41, 5.74) is 0. The molecule has 6 nitrogen and oxygen atoms in total. The number of hydrogen-bond acceptors (Lipinski definition) is 6. The van der Waals surface area contributed by atoms with Crippen molar-refractivity contribution in [3.8, 4) is 0 Å². The molecule has 1 aliphatic heterocycles. The fourth-order valence-corrected chi connectivity index (χ4v) is 3.67. The van der Waals surface area contributed by atoms with Gasteiger partial charge in [0, 0.05) is 26.1 Å². The Bertz CT molecular complexity index is 477. The number of aromatic nitrogens is 2. The summed E-state index contributed by atoms with van der Waals surface area (Å²) in [5, 5.41) is 12.9.